The van der Waals surface area contributed by atoms with E-state index in [1.807, 2.05) is 0 Å². The standard InChI is InChI=1S/C56H38N2/c1-3-12-39(13-4-1)45-16-11-19-50(36-45)57(52-32-33-54-53-20-9-10-21-55(53)58(56(54)38-52)49-17-5-2-6-18-49)51-31-30-43-27-29-47(35-48(43)37-51)42-24-22-41(23-25-42)46-28-26-40-14-7-8-15-44(40)34-46/h1-38H. The average Bonchev–Trinajstić information content (AvgIpc) is 3.63. The first kappa shape index (κ1) is 33.6. The lowest BCUT2D eigenvalue weighted by Crippen LogP contribution is -2.10. The third-order valence-electron chi connectivity index (χ3n) is 11.5. The number of aromatic nitrogens is 1. The lowest BCUT2D eigenvalue weighted by Gasteiger charge is -2.27. The Balaban J connectivity index is 1.04. The summed E-state index contributed by atoms with van der Waals surface area (Å²) in [6, 6.07) is 83.8. The minimum Gasteiger partial charge on any atom is -0.310 e. The van der Waals surface area contributed by atoms with E-state index in [0.29, 0.717) is 0 Å². The minimum absolute atomic E-state index is 1.09. The Labute approximate surface area is 338 Å². The third kappa shape index (κ3) is 6.00. The van der Waals surface area contributed by atoms with Crippen molar-refractivity contribution in [2.24, 2.45) is 0 Å². The molecule has 11 aromatic rings. The average molecular weight is 739 g/mol. The predicted octanol–water partition coefficient (Wildman–Crippen LogP) is 15.6. The molecule has 272 valence electrons. The van der Waals surface area contributed by atoms with Crippen molar-refractivity contribution in [1.29, 1.82) is 0 Å². The van der Waals surface area contributed by atoms with Gasteiger partial charge in [0.2, 0.25) is 0 Å². The monoisotopic (exact) mass is 738 g/mol. The van der Waals surface area contributed by atoms with Crippen LogP contribution < -0.4 is 4.90 Å². The number of nitrogens with zero attached hydrogens (tertiary/aromatic N) is 2. The molecule has 0 N–H and O–H groups in total. The Hall–Kier alpha value is -7.68. The zero-order chi connectivity index (χ0) is 38.4. The Morgan fingerprint density at radius 3 is 1.53 bits per heavy atom. The van der Waals surface area contributed by atoms with Gasteiger partial charge in [-0.1, -0.05) is 164 Å². The van der Waals surface area contributed by atoms with Crippen molar-refractivity contribution in [3.8, 4) is 39.1 Å². The highest BCUT2D eigenvalue weighted by Gasteiger charge is 2.18. The normalized spacial score (nSPS) is 11.4. The van der Waals surface area contributed by atoms with Crippen molar-refractivity contribution in [3.63, 3.8) is 0 Å². The molecule has 0 radical (unpaired) electrons. The Kier molecular flexibility index (Phi) is 8.19. The van der Waals surface area contributed by atoms with Crippen LogP contribution in [0.1, 0.15) is 0 Å². The van der Waals surface area contributed by atoms with E-state index in [-0.39, 0.29) is 0 Å². The van der Waals surface area contributed by atoms with E-state index >= 15 is 0 Å². The van der Waals surface area contributed by atoms with Crippen LogP contribution in [0.15, 0.2) is 231 Å². The highest BCUT2D eigenvalue weighted by Crippen LogP contribution is 2.42. The molecule has 0 spiro atoms. The van der Waals surface area contributed by atoms with E-state index in [0.717, 1.165) is 22.7 Å². The summed E-state index contributed by atoms with van der Waals surface area (Å²) < 4.78 is 2.39. The van der Waals surface area contributed by atoms with Crippen LogP contribution in [0.3, 0.4) is 0 Å². The van der Waals surface area contributed by atoms with Crippen LogP contribution in [0.5, 0.6) is 0 Å². The van der Waals surface area contributed by atoms with Crippen molar-refractivity contribution in [3.05, 3.63) is 231 Å². The molecule has 0 unspecified atom stereocenters. The molecule has 0 saturated heterocycles. The fourth-order valence-corrected chi connectivity index (χ4v) is 8.63. The topological polar surface area (TPSA) is 8.17 Å². The maximum atomic E-state index is 2.41. The highest BCUT2D eigenvalue weighted by atomic mass is 15.1. The molecule has 0 aliphatic rings. The number of rotatable bonds is 7. The van der Waals surface area contributed by atoms with Gasteiger partial charge in [0.05, 0.1) is 11.0 Å². The summed E-state index contributed by atoms with van der Waals surface area (Å²) in [7, 11) is 0. The number of para-hydroxylation sites is 2. The van der Waals surface area contributed by atoms with Gasteiger partial charge >= 0.3 is 0 Å². The van der Waals surface area contributed by atoms with E-state index in [9.17, 15) is 0 Å². The van der Waals surface area contributed by atoms with Gasteiger partial charge in [-0.05, 0) is 122 Å². The molecule has 2 heteroatoms. The second kappa shape index (κ2) is 14.1. The molecule has 0 aliphatic heterocycles. The molecule has 10 aromatic carbocycles. The van der Waals surface area contributed by atoms with Crippen LogP contribution in [0.25, 0.3) is 82.4 Å². The predicted molar refractivity (Wildman–Crippen MR) is 247 cm³/mol. The number of benzene rings is 10. The molecule has 0 bridgehead atoms. The zero-order valence-corrected chi connectivity index (χ0v) is 31.8. The van der Waals surface area contributed by atoms with Crippen molar-refractivity contribution in [2.75, 3.05) is 4.90 Å². The number of hydrogen-bond donors (Lipinski definition) is 0. The summed E-state index contributed by atoms with van der Waals surface area (Å²) >= 11 is 0. The summed E-state index contributed by atoms with van der Waals surface area (Å²) in [6.07, 6.45) is 0. The molecular weight excluding hydrogens is 701 g/mol. The van der Waals surface area contributed by atoms with Crippen LogP contribution in [0.4, 0.5) is 17.1 Å². The molecule has 0 aliphatic carbocycles. The van der Waals surface area contributed by atoms with Gasteiger partial charge in [-0.15, -0.1) is 0 Å². The molecular formula is C56H38N2. The summed E-state index contributed by atoms with van der Waals surface area (Å²) in [4.78, 5) is 2.41. The lowest BCUT2D eigenvalue weighted by molar-refractivity contribution is 1.18. The highest BCUT2D eigenvalue weighted by molar-refractivity contribution is 6.10. The van der Waals surface area contributed by atoms with Gasteiger partial charge in [0.25, 0.3) is 0 Å². The summed E-state index contributed by atoms with van der Waals surface area (Å²) in [6.45, 7) is 0. The van der Waals surface area contributed by atoms with Crippen molar-refractivity contribution < 1.29 is 0 Å². The first-order valence-electron chi connectivity index (χ1n) is 19.9. The van der Waals surface area contributed by atoms with Gasteiger partial charge in [-0.2, -0.15) is 0 Å². The molecule has 11 rings (SSSR count). The van der Waals surface area contributed by atoms with Crippen LogP contribution in [-0.2, 0) is 0 Å². The second-order valence-corrected chi connectivity index (χ2v) is 15.0. The molecule has 2 nitrogen and oxygen atoms in total. The quantitative estimate of drug-likeness (QED) is 0.158. The Morgan fingerprint density at radius 1 is 0.259 bits per heavy atom. The van der Waals surface area contributed by atoms with Crippen molar-refractivity contribution >= 4 is 60.4 Å². The van der Waals surface area contributed by atoms with Gasteiger partial charge in [-0.25, -0.2) is 0 Å². The lowest BCUT2D eigenvalue weighted by atomic mass is 9.97. The van der Waals surface area contributed by atoms with Gasteiger partial charge in [-0.3, -0.25) is 0 Å². The van der Waals surface area contributed by atoms with Gasteiger partial charge < -0.3 is 9.47 Å². The molecule has 0 fully saturated rings. The smallest absolute Gasteiger partial charge is 0.0561 e. The molecule has 1 heterocycles. The van der Waals surface area contributed by atoms with E-state index in [1.54, 1.807) is 0 Å². The fraction of sp³-hybridized carbons (Fsp3) is 0. The van der Waals surface area contributed by atoms with Crippen LogP contribution in [0, 0.1) is 0 Å². The van der Waals surface area contributed by atoms with Crippen molar-refractivity contribution in [1.82, 2.24) is 4.57 Å². The maximum absolute atomic E-state index is 2.41. The summed E-state index contributed by atoms with van der Waals surface area (Å²) in [5.74, 6) is 0. The molecule has 0 atom stereocenters. The maximum Gasteiger partial charge on any atom is 0.0561 e. The van der Waals surface area contributed by atoms with Gasteiger partial charge in [0, 0.05) is 33.5 Å². The molecule has 0 saturated carbocycles. The number of hydrogen-bond acceptors (Lipinski definition) is 1. The molecule has 1 aromatic heterocycles. The Morgan fingerprint density at radius 2 is 0.759 bits per heavy atom. The van der Waals surface area contributed by atoms with Crippen LogP contribution >= 0.6 is 0 Å². The van der Waals surface area contributed by atoms with E-state index in [4.69, 9.17) is 0 Å². The fourth-order valence-electron chi connectivity index (χ4n) is 8.63. The van der Waals surface area contributed by atoms with E-state index in [1.165, 1.54) is 76.7 Å². The first-order chi connectivity index (χ1) is 28.7. The number of anilines is 3. The SMILES string of the molecule is c1ccc(-c2cccc(N(c3ccc4ccc(-c5ccc(-c6ccc7ccccc7c6)cc5)cc4c3)c3ccc4c5ccccc5n(-c5ccccc5)c4c3)c2)cc1. The number of fused-ring (bicyclic) bond motifs is 5. The van der Waals surface area contributed by atoms with Crippen LogP contribution in [0.2, 0.25) is 0 Å². The Bertz CT molecular complexity index is 3270. The third-order valence-corrected chi connectivity index (χ3v) is 11.5. The van der Waals surface area contributed by atoms with Crippen molar-refractivity contribution in [2.45, 2.75) is 0 Å². The summed E-state index contributed by atoms with van der Waals surface area (Å²) in [5.41, 5.74) is 14.0. The van der Waals surface area contributed by atoms with E-state index in [2.05, 4.69) is 240 Å². The second-order valence-electron chi connectivity index (χ2n) is 15.0. The first-order valence-corrected chi connectivity index (χ1v) is 19.9. The van der Waals surface area contributed by atoms with Gasteiger partial charge in [0.15, 0.2) is 0 Å². The summed E-state index contributed by atoms with van der Waals surface area (Å²) in [5, 5.41) is 7.39. The van der Waals surface area contributed by atoms with E-state index < -0.39 is 0 Å². The molecule has 58 heavy (non-hydrogen) atoms. The molecule has 0 amide bonds. The van der Waals surface area contributed by atoms with Gasteiger partial charge in [0.1, 0.15) is 0 Å². The minimum atomic E-state index is 1.09. The zero-order valence-electron chi connectivity index (χ0n) is 31.8. The van der Waals surface area contributed by atoms with Crippen LogP contribution in [-0.4, -0.2) is 4.57 Å². The largest absolute Gasteiger partial charge is 0.310 e.